The summed E-state index contributed by atoms with van der Waals surface area (Å²) in [6, 6.07) is -10.8. The average Bonchev–Trinajstić information content (AvgIpc) is 1.72. The number of Topliss-reactive ketones (excluding diaryl/α,β-unsaturated/α-hetero) is 2. The fourth-order valence-electron chi connectivity index (χ4n) is 9.03. The topological polar surface area (TPSA) is 458 Å². The van der Waals surface area contributed by atoms with E-state index in [0.29, 0.717) is 0 Å². The molecule has 0 aliphatic carbocycles. The van der Waals surface area contributed by atoms with Crippen molar-refractivity contribution in [3.05, 3.63) is 0 Å². The van der Waals surface area contributed by atoms with Crippen LogP contribution in [0.5, 0.6) is 0 Å². The lowest BCUT2D eigenvalue weighted by molar-refractivity contribution is -0.136. The second kappa shape index (κ2) is 38.7. The molecule has 0 radical (unpaired) electrons. The van der Waals surface area contributed by atoms with Crippen molar-refractivity contribution >= 4 is 77.3 Å². The number of carbonyl (C=O) groups excluding carboxylic acids is 13. The Bertz CT molecular complexity index is 2540. The molecule has 1 aliphatic heterocycles. The van der Waals surface area contributed by atoms with Gasteiger partial charge in [-0.2, -0.15) is 0 Å². The number of nitrogens with one attached hydrogen (secondary N) is 11. The number of aliphatic hydroxyl groups excluding tert-OH is 2. The van der Waals surface area contributed by atoms with Crippen LogP contribution in [0.2, 0.25) is 0 Å². The molecule has 1 saturated heterocycles. The lowest BCUT2D eigenvalue weighted by atomic mass is 9.92. The molecule has 15 N–H and O–H groups in total. The molecule has 1 rings (SSSR count). The molecule has 0 saturated carbocycles. The van der Waals surface area contributed by atoms with Gasteiger partial charge in [0.25, 0.3) is 0 Å². The zero-order chi connectivity index (χ0) is 71.5. The molecule has 31 heteroatoms. The van der Waals surface area contributed by atoms with Gasteiger partial charge in [0.2, 0.25) is 41.4 Å². The van der Waals surface area contributed by atoms with E-state index in [-0.39, 0.29) is 76.5 Å². The van der Waals surface area contributed by atoms with E-state index in [1.54, 1.807) is 111 Å². The number of amides is 11. The summed E-state index contributed by atoms with van der Waals surface area (Å²) in [5.74, 6) is -11.9. The van der Waals surface area contributed by atoms with E-state index < -0.39 is 192 Å². The van der Waals surface area contributed by atoms with Crippen molar-refractivity contribution in [3.8, 4) is 0 Å². The summed E-state index contributed by atoms with van der Waals surface area (Å²) in [5.41, 5.74) is 2.22. The van der Waals surface area contributed by atoms with Crippen LogP contribution in [-0.2, 0) is 62.1 Å². The van der Waals surface area contributed by atoms with E-state index in [1.165, 1.54) is 13.8 Å². The predicted molar refractivity (Wildman–Crippen MR) is 341 cm³/mol. The van der Waals surface area contributed by atoms with Gasteiger partial charge in [0, 0.05) is 57.4 Å². The summed E-state index contributed by atoms with van der Waals surface area (Å²) in [6.45, 7) is 27.3. The number of ether oxygens (including phenoxy) is 4. The third-order valence-corrected chi connectivity index (χ3v) is 13.5. The monoisotopic (exact) mass is 1330 g/mol. The molecule has 11 amide bonds. The molecule has 31 nitrogen and oxygen atoms in total. The third-order valence-electron chi connectivity index (χ3n) is 13.5. The summed E-state index contributed by atoms with van der Waals surface area (Å²) in [5, 5.41) is 49.6. The van der Waals surface area contributed by atoms with Crippen LogP contribution in [-0.4, -0.2) is 197 Å². The highest BCUT2D eigenvalue weighted by atomic mass is 16.6. The molecule has 0 bridgehead atoms. The van der Waals surface area contributed by atoms with Crippen molar-refractivity contribution in [2.45, 2.75) is 259 Å². The smallest absolute Gasteiger partial charge is 0.407 e. The van der Waals surface area contributed by atoms with Crippen LogP contribution in [0.25, 0.3) is 0 Å². The molecule has 0 aromatic carbocycles. The number of hydrogen-bond acceptors (Lipinski definition) is 20. The minimum Gasteiger partial charge on any atom is -0.444 e. The Kier molecular flexibility index (Phi) is 34.8. The molecular formula is C62H110N12O19. The number of aliphatic hydroxyl groups is 2. The van der Waals surface area contributed by atoms with Crippen LogP contribution in [0, 0.1) is 23.7 Å². The highest BCUT2D eigenvalue weighted by Crippen LogP contribution is 2.19. The largest absolute Gasteiger partial charge is 0.444 e. The molecular weight excluding hydrogens is 1220 g/mol. The SMILES string of the molecule is CC(C)C[C@@H]1NC(=O)[C@@H](CC(C)C)NC(=O)[C@H](CCNC(=O)OC(C)(C)C)NC(=O)[C@@H](CC(=O)[C@H](CCNC(=O)OC(C)(C)C)NC(=O)[C@@H](N)C(C)O)CCNC(=O)[C@H](C(C)O)NC(=O)[C@H](CCNC(=O)OC(C)(C)C)CC(=O)[C@H](CCNC(=O)OC(C)(C)C)NC1=O. The van der Waals surface area contributed by atoms with Crippen LogP contribution >= 0.6 is 0 Å². The van der Waals surface area contributed by atoms with Gasteiger partial charge >= 0.3 is 24.4 Å². The van der Waals surface area contributed by atoms with Crippen LogP contribution in [0.15, 0.2) is 0 Å². The molecule has 1 aliphatic rings. The number of rotatable bonds is 23. The molecule has 2 unspecified atom stereocenters. The molecule has 93 heavy (non-hydrogen) atoms. The van der Waals surface area contributed by atoms with Gasteiger partial charge in [-0.15, -0.1) is 0 Å². The summed E-state index contributed by atoms with van der Waals surface area (Å²) in [7, 11) is 0. The van der Waals surface area contributed by atoms with Gasteiger partial charge < -0.3 is 93.4 Å². The number of alkyl carbamates (subject to hydrolysis) is 4. The Morgan fingerprint density at radius 1 is 0.505 bits per heavy atom. The number of nitrogens with two attached hydrogens (primary N) is 1. The maximum atomic E-state index is 14.9. The summed E-state index contributed by atoms with van der Waals surface area (Å²) in [4.78, 5) is 181. The van der Waals surface area contributed by atoms with E-state index in [0.717, 1.165) is 0 Å². The van der Waals surface area contributed by atoms with Gasteiger partial charge in [0.15, 0.2) is 11.6 Å². The second-order valence-electron chi connectivity index (χ2n) is 28.2. The van der Waals surface area contributed by atoms with Crippen LogP contribution < -0.4 is 64.2 Å². The van der Waals surface area contributed by atoms with Crippen molar-refractivity contribution in [1.29, 1.82) is 0 Å². The zero-order valence-electron chi connectivity index (χ0n) is 57.8. The Hall–Kier alpha value is -7.41. The van der Waals surface area contributed by atoms with E-state index in [1.807, 2.05) is 0 Å². The molecule has 0 aromatic heterocycles. The van der Waals surface area contributed by atoms with E-state index in [4.69, 9.17) is 24.7 Å². The first-order valence-electron chi connectivity index (χ1n) is 31.8. The summed E-state index contributed by atoms with van der Waals surface area (Å²) >= 11 is 0. The second-order valence-corrected chi connectivity index (χ2v) is 28.2. The van der Waals surface area contributed by atoms with Crippen molar-refractivity contribution < 1.29 is 91.5 Å². The van der Waals surface area contributed by atoms with E-state index in [2.05, 4.69) is 58.5 Å². The lowest BCUT2D eigenvalue weighted by Crippen LogP contribution is -2.59. The fraction of sp³-hybridized carbons (Fsp3) is 0.790. The highest BCUT2D eigenvalue weighted by Gasteiger charge is 2.38. The van der Waals surface area contributed by atoms with Crippen molar-refractivity contribution in [2.75, 3.05) is 32.7 Å². The molecule has 1 fully saturated rings. The first-order valence-corrected chi connectivity index (χ1v) is 31.8. The van der Waals surface area contributed by atoms with E-state index in [9.17, 15) is 72.5 Å². The fourth-order valence-corrected chi connectivity index (χ4v) is 9.03. The summed E-state index contributed by atoms with van der Waals surface area (Å²) in [6.07, 6.45) is -9.75. The van der Waals surface area contributed by atoms with Crippen molar-refractivity contribution in [3.63, 3.8) is 0 Å². The predicted octanol–water partition coefficient (Wildman–Crippen LogP) is 1.41. The normalized spacial score (nSPS) is 21.9. The van der Waals surface area contributed by atoms with Crippen molar-refractivity contribution in [1.82, 2.24) is 58.5 Å². The van der Waals surface area contributed by atoms with E-state index >= 15 is 0 Å². The Morgan fingerprint density at radius 2 is 0.882 bits per heavy atom. The molecule has 1 heterocycles. The first-order chi connectivity index (χ1) is 42.7. The quantitative estimate of drug-likeness (QED) is 0.0643. The highest BCUT2D eigenvalue weighted by molar-refractivity contribution is 5.98. The Balaban J connectivity index is 4.32. The Morgan fingerprint density at radius 3 is 1.29 bits per heavy atom. The standard InChI is InChI=1S/C62H110N12O19/c1-33(2)29-42-51(82)69-39(21-26-66-56(87)91-60(10,11)12)44(77)32-38(20-25-65-55(86)90-59(7,8)9)49(80)74-47(36(6)76)54(85)64-24-19-37(31-45(78)40(70-53(84)46(63)35(5)75)22-27-67-57(88)92-61(13,14)15)48(79)71-41(23-28-68-58(89)93-62(16,17)18)50(81)72-43(30-34(3)4)52(83)73-42/h33-43,46-47,75-76H,19-32,63H2,1-18H3,(H,64,85)(H,65,86)(H,66,87)(H,67,88)(H,68,89)(H,69,82)(H,70,84)(H,71,79)(H,72,81)(H,73,83)(H,74,80)/t35?,36?,37-,38-,39+,40+,41+,42+,43-,46+,47+/m1/s1. The van der Waals surface area contributed by atoms with Crippen LogP contribution in [0.4, 0.5) is 19.2 Å². The minimum absolute atomic E-state index is 0.0333. The number of ketones is 2. The number of hydrogen-bond donors (Lipinski definition) is 14. The molecule has 0 spiro atoms. The van der Waals surface area contributed by atoms with Gasteiger partial charge in [0.1, 0.15) is 52.6 Å². The van der Waals surface area contributed by atoms with Gasteiger partial charge in [-0.3, -0.25) is 43.2 Å². The van der Waals surface area contributed by atoms with Crippen LogP contribution in [0.1, 0.15) is 182 Å². The maximum Gasteiger partial charge on any atom is 0.407 e. The van der Waals surface area contributed by atoms with Crippen molar-refractivity contribution in [2.24, 2.45) is 29.4 Å². The zero-order valence-corrected chi connectivity index (χ0v) is 57.8. The first kappa shape index (κ1) is 83.6. The lowest BCUT2D eigenvalue weighted by Gasteiger charge is -2.29. The molecule has 532 valence electrons. The third kappa shape index (κ3) is 36.0. The van der Waals surface area contributed by atoms with Gasteiger partial charge in [-0.05, 0) is 154 Å². The number of carbonyl (C=O) groups is 13. The van der Waals surface area contributed by atoms with Gasteiger partial charge in [-0.1, -0.05) is 27.7 Å². The molecule has 11 atom stereocenters. The van der Waals surface area contributed by atoms with Gasteiger partial charge in [0.05, 0.1) is 24.3 Å². The average molecular weight is 1330 g/mol. The minimum atomic E-state index is -1.78. The van der Waals surface area contributed by atoms with Crippen LogP contribution in [0.3, 0.4) is 0 Å². The summed E-state index contributed by atoms with van der Waals surface area (Å²) < 4.78 is 21.4. The molecule has 0 aromatic rings. The maximum absolute atomic E-state index is 14.9. The van der Waals surface area contributed by atoms with Gasteiger partial charge in [-0.25, -0.2) is 19.2 Å². The Labute approximate surface area is 547 Å².